The molecule has 1 aromatic carbocycles. The minimum atomic E-state index is -1.89. The predicted octanol–water partition coefficient (Wildman–Crippen LogP) is 2.00. The van der Waals surface area contributed by atoms with E-state index >= 15 is 0 Å². The number of benzene rings is 1. The molecule has 0 spiro atoms. The molecule has 0 radical (unpaired) electrons. The molecule has 1 aromatic rings. The lowest BCUT2D eigenvalue weighted by Gasteiger charge is -2.02. The van der Waals surface area contributed by atoms with Crippen LogP contribution in [0.2, 0.25) is 0 Å². The molecule has 3 atom stereocenters. The van der Waals surface area contributed by atoms with Gasteiger partial charge in [-0.15, -0.1) is 0 Å². The summed E-state index contributed by atoms with van der Waals surface area (Å²) in [6, 6.07) is 8.84. The fourth-order valence-electron chi connectivity index (χ4n) is 0.781. The second-order valence-electron chi connectivity index (χ2n) is 2.39. The minimum absolute atomic E-state index is 0.653. The van der Waals surface area contributed by atoms with Crippen LogP contribution >= 0.6 is 0 Å². The molecular formula is C10H14O. The fourth-order valence-corrected chi connectivity index (χ4v) is 0.781. The lowest BCUT2D eigenvalue weighted by Crippen LogP contribution is -2.00. The van der Waals surface area contributed by atoms with E-state index in [4.69, 9.17) is 4.11 Å². The van der Waals surface area contributed by atoms with Gasteiger partial charge in [-0.05, 0) is 25.3 Å². The summed E-state index contributed by atoms with van der Waals surface area (Å²) in [6.07, 6.45) is -3.93. The van der Waals surface area contributed by atoms with Crippen molar-refractivity contribution in [2.24, 2.45) is 0 Å². The molecule has 0 saturated heterocycles. The fraction of sp³-hybridized carbons (Fsp3) is 0.400. The Kier molecular flexibility index (Phi) is 1.86. The van der Waals surface area contributed by atoms with Gasteiger partial charge in [-0.1, -0.05) is 30.3 Å². The van der Waals surface area contributed by atoms with Crippen LogP contribution in [0, 0.1) is 0 Å². The summed E-state index contributed by atoms with van der Waals surface area (Å²) in [6.45, 7) is 1.23. The molecule has 60 valence electrons. The first-order valence-corrected chi connectivity index (χ1v) is 3.54. The SMILES string of the molecule is [2H]C(c1ccccc1)C([2H])C([2H])(C)O. The third kappa shape index (κ3) is 3.19. The molecule has 0 aliphatic heterocycles. The van der Waals surface area contributed by atoms with Crippen LogP contribution < -0.4 is 0 Å². The summed E-state index contributed by atoms with van der Waals surface area (Å²) in [5, 5.41) is 9.28. The second kappa shape index (κ2) is 4.14. The standard InChI is InChI=1S/C10H14O/c1-9(11)7-8-10-5-3-2-4-6-10/h2-6,9,11H,7-8H2,1H3/i7D,8D,9D. The van der Waals surface area contributed by atoms with Crippen molar-refractivity contribution in [2.45, 2.75) is 25.8 Å². The van der Waals surface area contributed by atoms with Gasteiger partial charge in [0.25, 0.3) is 0 Å². The summed E-state index contributed by atoms with van der Waals surface area (Å²) in [4.78, 5) is 0. The van der Waals surface area contributed by atoms with E-state index in [0.29, 0.717) is 5.56 Å². The van der Waals surface area contributed by atoms with Crippen LogP contribution in [-0.2, 0) is 6.40 Å². The molecule has 0 bridgehead atoms. The van der Waals surface area contributed by atoms with Gasteiger partial charge in [0.05, 0.1) is 7.45 Å². The number of hydrogen-bond donors (Lipinski definition) is 1. The van der Waals surface area contributed by atoms with Crippen LogP contribution in [0.4, 0.5) is 0 Å². The smallest absolute Gasteiger partial charge is 0.0598 e. The molecule has 0 aliphatic carbocycles. The number of aryl methyl sites for hydroxylation is 1. The first-order chi connectivity index (χ1) is 6.43. The third-order valence-corrected chi connectivity index (χ3v) is 1.32. The Morgan fingerprint density at radius 2 is 2.18 bits per heavy atom. The van der Waals surface area contributed by atoms with Crippen LogP contribution in [0.5, 0.6) is 0 Å². The van der Waals surface area contributed by atoms with Gasteiger partial charge in [0.2, 0.25) is 0 Å². The lowest BCUT2D eigenvalue weighted by molar-refractivity contribution is 0.185. The normalized spacial score (nSPS) is 25.5. The van der Waals surface area contributed by atoms with Gasteiger partial charge in [-0.2, -0.15) is 0 Å². The van der Waals surface area contributed by atoms with E-state index in [9.17, 15) is 5.11 Å². The van der Waals surface area contributed by atoms with Gasteiger partial charge in [0, 0.05) is 2.74 Å². The van der Waals surface area contributed by atoms with Crippen molar-refractivity contribution in [3.63, 3.8) is 0 Å². The average Bonchev–Trinajstić information content (AvgIpc) is 2.15. The van der Waals surface area contributed by atoms with Crippen molar-refractivity contribution in [3.8, 4) is 0 Å². The van der Waals surface area contributed by atoms with E-state index in [1.54, 1.807) is 24.3 Å². The van der Waals surface area contributed by atoms with Gasteiger partial charge in [0.1, 0.15) is 0 Å². The Morgan fingerprint density at radius 1 is 1.55 bits per heavy atom. The van der Waals surface area contributed by atoms with Crippen LogP contribution in [0.3, 0.4) is 0 Å². The Bertz CT molecular complexity index is 281. The van der Waals surface area contributed by atoms with Gasteiger partial charge in [0.15, 0.2) is 0 Å². The van der Waals surface area contributed by atoms with Crippen molar-refractivity contribution in [3.05, 3.63) is 35.9 Å². The van der Waals surface area contributed by atoms with Crippen LogP contribution in [-0.4, -0.2) is 11.2 Å². The Balaban J connectivity index is 2.81. The van der Waals surface area contributed by atoms with E-state index in [-0.39, 0.29) is 0 Å². The van der Waals surface area contributed by atoms with E-state index in [1.807, 2.05) is 6.07 Å². The van der Waals surface area contributed by atoms with E-state index in [1.165, 1.54) is 6.92 Å². The highest BCUT2D eigenvalue weighted by molar-refractivity contribution is 5.14. The summed E-state index contributed by atoms with van der Waals surface area (Å²) < 4.78 is 22.5. The maximum atomic E-state index is 9.28. The van der Waals surface area contributed by atoms with Crippen molar-refractivity contribution in [2.75, 3.05) is 0 Å². The van der Waals surface area contributed by atoms with Gasteiger partial charge >= 0.3 is 0 Å². The Labute approximate surface area is 71.9 Å². The zero-order chi connectivity index (χ0) is 10.8. The zero-order valence-corrected chi connectivity index (χ0v) is 6.49. The van der Waals surface area contributed by atoms with E-state index < -0.39 is 18.9 Å². The van der Waals surface area contributed by atoms with Crippen molar-refractivity contribution in [1.29, 1.82) is 0 Å². The Morgan fingerprint density at radius 3 is 2.73 bits per heavy atom. The molecule has 0 aliphatic rings. The van der Waals surface area contributed by atoms with Crippen molar-refractivity contribution >= 4 is 0 Å². The van der Waals surface area contributed by atoms with Crippen molar-refractivity contribution in [1.82, 2.24) is 0 Å². The minimum Gasteiger partial charge on any atom is -0.393 e. The second-order valence-corrected chi connectivity index (χ2v) is 2.39. The van der Waals surface area contributed by atoms with Crippen molar-refractivity contribution < 1.29 is 9.22 Å². The van der Waals surface area contributed by atoms with Gasteiger partial charge in [-0.25, -0.2) is 0 Å². The molecule has 1 N–H and O–H groups in total. The first-order valence-electron chi connectivity index (χ1n) is 5.20. The Hall–Kier alpha value is -0.820. The van der Waals surface area contributed by atoms with Gasteiger partial charge < -0.3 is 5.11 Å². The molecule has 1 rings (SSSR count). The molecule has 0 fully saturated rings. The molecule has 11 heavy (non-hydrogen) atoms. The average molecular weight is 153 g/mol. The van der Waals surface area contributed by atoms with Crippen LogP contribution in [0.25, 0.3) is 0 Å². The molecule has 0 amide bonds. The quantitative estimate of drug-likeness (QED) is 0.704. The molecular weight excluding hydrogens is 136 g/mol. The zero-order valence-electron chi connectivity index (χ0n) is 9.49. The van der Waals surface area contributed by atoms with Crippen LogP contribution in [0.1, 0.15) is 23.0 Å². The highest BCUT2D eigenvalue weighted by Crippen LogP contribution is 2.03. The molecule has 1 nitrogen and oxygen atoms in total. The lowest BCUT2D eigenvalue weighted by atomic mass is 10.1. The molecule has 0 aromatic heterocycles. The molecule has 0 saturated carbocycles. The summed E-state index contributed by atoms with van der Waals surface area (Å²) in [7, 11) is 0. The number of rotatable bonds is 3. The summed E-state index contributed by atoms with van der Waals surface area (Å²) in [5.41, 5.74) is 0.653. The predicted molar refractivity (Wildman–Crippen MR) is 46.4 cm³/mol. The highest BCUT2D eigenvalue weighted by Gasteiger charge is 1.95. The largest absolute Gasteiger partial charge is 0.393 e. The molecule has 0 heterocycles. The highest BCUT2D eigenvalue weighted by atomic mass is 16.3. The monoisotopic (exact) mass is 153 g/mol. The van der Waals surface area contributed by atoms with E-state index in [0.717, 1.165) is 0 Å². The number of hydrogen-bond acceptors (Lipinski definition) is 1. The summed E-state index contributed by atoms with van der Waals surface area (Å²) >= 11 is 0. The first kappa shape index (κ1) is 4.94. The molecule has 3 unspecified atom stereocenters. The number of aliphatic hydroxyl groups is 1. The maximum Gasteiger partial charge on any atom is 0.0598 e. The maximum absolute atomic E-state index is 9.28. The van der Waals surface area contributed by atoms with Crippen LogP contribution in [0.15, 0.2) is 30.3 Å². The summed E-state index contributed by atoms with van der Waals surface area (Å²) in [5.74, 6) is 0. The van der Waals surface area contributed by atoms with Gasteiger partial charge in [-0.3, -0.25) is 0 Å². The van der Waals surface area contributed by atoms with E-state index in [2.05, 4.69) is 0 Å². The third-order valence-electron chi connectivity index (χ3n) is 1.32. The topological polar surface area (TPSA) is 20.2 Å². The molecule has 1 heteroatoms.